The van der Waals surface area contributed by atoms with Crippen LogP contribution in [0.1, 0.15) is 25.7 Å². The van der Waals surface area contributed by atoms with E-state index in [1.165, 1.54) is 32.1 Å². The van der Waals surface area contributed by atoms with E-state index >= 15 is 0 Å². The van der Waals surface area contributed by atoms with Crippen LogP contribution in [0.5, 0.6) is 0 Å². The third-order valence-electron chi connectivity index (χ3n) is 5.15. The van der Waals surface area contributed by atoms with Gasteiger partial charge in [0.25, 0.3) is 0 Å². The molecule has 2 aromatic heterocycles. The molecule has 2 aromatic rings. The van der Waals surface area contributed by atoms with E-state index in [0.717, 1.165) is 18.5 Å². The van der Waals surface area contributed by atoms with Gasteiger partial charge in [0, 0.05) is 25.7 Å². The number of imidazole rings is 1. The number of carbonyl (C=O) groups is 1. The number of rotatable bonds is 4. The topological polar surface area (TPSA) is 90.0 Å². The normalized spacial score (nSPS) is 24.0. The minimum Gasteiger partial charge on any atom is -0.350 e. The number of aromatic nitrogens is 4. The number of anilines is 1. The first-order valence-corrected chi connectivity index (χ1v) is 8.61. The molecule has 2 N–H and O–H groups in total. The van der Waals surface area contributed by atoms with Gasteiger partial charge in [-0.25, -0.2) is 15.0 Å². The minimum absolute atomic E-state index is 0.0428. The van der Waals surface area contributed by atoms with E-state index in [1.807, 2.05) is 11.9 Å². The highest BCUT2D eigenvalue weighted by molar-refractivity contribution is 5.87. The van der Waals surface area contributed by atoms with E-state index in [0.29, 0.717) is 17.5 Å². The summed E-state index contributed by atoms with van der Waals surface area (Å²) in [5.74, 6) is 0.736. The van der Waals surface area contributed by atoms with E-state index in [-0.39, 0.29) is 18.5 Å². The first-order valence-electron chi connectivity index (χ1n) is 8.61. The third-order valence-corrected chi connectivity index (χ3v) is 5.15. The summed E-state index contributed by atoms with van der Waals surface area (Å²) in [6.45, 7) is 2.55. The van der Waals surface area contributed by atoms with E-state index in [1.54, 1.807) is 6.33 Å². The fourth-order valence-corrected chi connectivity index (χ4v) is 4.00. The molecule has 8 nitrogen and oxygen atoms in total. The molecule has 128 valence electrons. The Morgan fingerprint density at radius 2 is 2.25 bits per heavy atom. The van der Waals surface area contributed by atoms with Crippen LogP contribution < -0.4 is 10.2 Å². The van der Waals surface area contributed by atoms with Gasteiger partial charge in [0.2, 0.25) is 5.91 Å². The van der Waals surface area contributed by atoms with Crippen molar-refractivity contribution in [1.29, 1.82) is 0 Å². The average molecular weight is 329 g/mol. The molecule has 1 amide bonds. The van der Waals surface area contributed by atoms with E-state index < -0.39 is 0 Å². The van der Waals surface area contributed by atoms with Crippen LogP contribution in [0.4, 0.5) is 5.82 Å². The molecule has 2 aliphatic heterocycles. The Bertz CT molecular complexity index is 730. The van der Waals surface area contributed by atoms with Crippen molar-refractivity contribution in [3.05, 3.63) is 12.7 Å². The molecule has 0 spiro atoms. The average Bonchev–Trinajstić information content (AvgIpc) is 3.21. The molecule has 0 saturated carbocycles. The zero-order chi connectivity index (χ0) is 16.5. The highest BCUT2D eigenvalue weighted by Gasteiger charge is 2.36. The second-order valence-corrected chi connectivity index (χ2v) is 6.72. The maximum absolute atomic E-state index is 12.5. The number of carbonyl (C=O) groups excluding carboxylic acids is 1. The molecule has 24 heavy (non-hydrogen) atoms. The summed E-state index contributed by atoms with van der Waals surface area (Å²) >= 11 is 0. The molecule has 2 saturated heterocycles. The summed E-state index contributed by atoms with van der Waals surface area (Å²) in [5.41, 5.74) is 1.37. The van der Waals surface area contributed by atoms with E-state index in [4.69, 9.17) is 0 Å². The Morgan fingerprint density at radius 3 is 3.17 bits per heavy atom. The fraction of sp³-hybridized carbons (Fsp3) is 0.625. The van der Waals surface area contributed by atoms with Crippen molar-refractivity contribution in [2.45, 2.75) is 37.8 Å². The Balaban J connectivity index is 1.40. The smallest absolute Gasteiger partial charge is 0.239 e. The van der Waals surface area contributed by atoms with Crippen molar-refractivity contribution in [2.24, 2.45) is 0 Å². The zero-order valence-corrected chi connectivity index (χ0v) is 13.9. The van der Waals surface area contributed by atoms with Gasteiger partial charge in [-0.15, -0.1) is 0 Å². The lowest BCUT2D eigenvalue weighted by atomic mass is 9.99. The van der Waals surface area contributed by atoms with Gasteiger partial charge in [-0.1, -0.05) is 6.42 Å². The molecule has 2 atom stereocenters. The second-order valence-electron chi connectivity index (χ2n) is 6.72. The molecule has 0 aliphatic carbocycles. The summed E-state index contributed by atoms with van der Waals surface area (Å²) in [6.07, 6.45) is 7.87. The van der Waals surface area contributed by atoms with Gasteiger partial charge in [-0.2, -0.15) is 0 Å². The van der Waals surface area contributed by atoms with Gasteiger partial charge in [0.05, 0.1) is 12.9 Å². The molecular weight excluding hydrogens is 306 g/mol. The van der Waals surface area contributed by atoms with Crippen molar-refractivity contribution >= 4 is 22.9 Å². The standard InChI is InChI=1S/C16H23N7O/c1-22(16-14-15(18-9-17-14)19-10-20-16)8-13(24)21-11-5-7-23-6-3-2-4-12(11)23/h9-12H,2-8H2,1H3,(H,21,24)(H,17,18,19,20)/t11-,12-/m1/s1. The number of hydrogen-bond donors (Lipinski definition) is 2. The Kier molecular flexibility index (Phi) is 4.05. The van der Waals surface area contributed by atoms with Gasteiger partial charge >= 0.3 is 0 Å². The van der Waals surface area contributed by atoms with E-state index in [9.17, 15) is 4.79 Å². The largest absolute Gasteiger partial charge is 0.350 e. The number of hydrogen-bond acceptors (Lipinski definition) is 6. The zero-order valence-electron chi connectivity index (χ0n) is 13.9. The highest BCUT2D eigenvalue weighted by atomic mass is 16.2. The number of H-pyrrole nitrogens is 1. The number of aromatic amines is 1. The second kappa shape index (κ2) is 6.35. The Morgan fingerprint density at radius 1 is 1.33 bits per heavy atom. The highest BCUT2D eigenvalue weighted by Crippen LogP contribution is 2.27. The third kappa shape index (κ3) is 2.82. The number of nitrogens with one attached hydrogen (secondary N) is 2. The first-order chi connectivity index (χ1) is 11.7. The first kappa shape index (κ1) is 15.3. The van der Waals surface area contributed by atoms with Crippen LogP contribution in [-0.4, -0.2) is 69.5 Å². The van der Waals surface area contributed by atoms with Crippen LogP contribution in [0, 0.1) is 0 Å². The quantitative estimate of drug-likeness (QED) is 0.850. The Hall–Kier alpha value is -2.22. The minimum atomic E-state index is 0.0428. The lowest BCUT2D eigenvalue weighted by Crippen LogP contribution is -2.49. The van der Waals surface area contributed by atoms with Crippen LogP contribution in [0.2, 0.25) is 0 Å². The van der Waals surface area contributed by atoms with Gasteiger partial charge in [0.15, 0.2) is 11.5 Å². The molecule has 0 radical (unpaired) electrons. The van der Waals surface area contributed by atoms with E-state index in [2.05, 4.69) is 30.2 Å². The Labute approximate surface area is 140 Å². The van der Waals surface area contributed by atoms with Crippen LogP contribution in [0.25, 0.3) is 11.2 Å². The maximum atomic E-state index is 12.5. The van der Waals surface area contributed by atoms with Crippen LogP contribution in [0.15, 0.2) is 12.7 Å². The SMILES string of the molecule is CN(CC(=O)N[C@@H]1CCN2CCCC[C@H]12)c1ncnc2nc[nH]c12. The van der Waals surface area contributed by atoms with Crippen molar-refractivity contribution in [3.8, 4) is 0 Å². The molecule has 0 aromatic carbocycles. The number of fused-ring (bicyclic) bond motifs is 2. The molecule has 4 heterocycles. The van der Waals surface area contributed by atoms with Crippen LogP contribution in [-0.2, 0) is 4.79 Å². The lowest BCUT2D eigenvalue weighted by molar-refractivity contribution is -0.120. The van der Waals surface area contributed by atoms with Crippen molar-refractivity contribution in [3.63, 3.8) is 0 Å². The van der Waals surface area contributed by atoms with Crippen molar-refractivity contribution < 1.29 is 4.79 Å². The summed E-state index contributed by atoms with van der Waals surface area (Å²) in [5, 5.41) is 3.23. The van der Waals surface area contributed by atoms with Gasteiger partial charge in [0.1, 0.15) is 11.8 Å². The lowest BCUT2D eigenvalue weighted by Gasteiger charge is -2.32. The molecule has 2 aliphatic rings. The molecule has 0 bridgehead atoms. The predicted octanol–water partition coefficient (Wildman–Crippen LogP) is 0.532. The fourth-order valence-electron chi connectivity index (χ4n) is 4.00. The van der Waals surface area contributed by atoms with Crippen molar-refractivity contribution in [2.75, 3.05) is 31.6 Å². The molecule has 0 unspecified atom stereocenters. The van der Waals surface area contributed by atoms with Gasteiger partial charge in [-0.05, 0) is 25.8 Å². The number of likely N-dealkylation sites (N-methyl/N-ethyl adjacent to an activating group) is 1. The van der Waals surface area contributed by atoms with Crippen molar-refractivity contribution in [1.82, 2.24) is 30.2 Å². The van der Waals surface area contributed by atoms with Gasteiger partial charge in [-0.3, -0.25) is 9.69 Å². The summed E-state index contributed by atoms with van der Waals surface area (Å²) < 4.78 is 0. The van der Waals surface area contributed by atoms with Crippen LogP contribution in [0.3, 0.4) is 0 Å². The number of amides is 1. The maximum Gasteiger partial charge on any atom is 0.239 e. The summed E-state index contributed by atoms with van der Waals surface area (Å²) in [6, 6.07) is 0.801. The molecule has 8 heteroatoms. The predicted molar refractivity (Wildman–Crippen MR) is 90.7 cm³/mol. The van der Waals surface area contributed by atoms with Gasteiger partial charge < -0.3 is 15.2 Å². The molecule has 4 rings (SSSR count). The number of piperidine rings is 1. The summed E-state index contributed by atoms with van der Waals surface area (Å²) in [7, 11) is 1.86. The monoisotopic (exact) mass is 329 g/mol. The molecule has 2 fully saturated rings. The molecular formula is C16H23N7O. The summed E-state index contributed by atoms with van der Waals surface area (Å²) in [4.78, 5) is 32.4. The van der Waals surface area contributed by atoms with Crippen LogP contribution >= 0.6 is 0 Å². The number of nitrogens with zero attached hydrogens (tertiary/aromatic N) is 5.